The molecule has 106 valence electrons. The summed E-state index contributed by atoms with van der Waals surface area (Å²) < 4.78 is 0. The van der Waals surface area contributed by atoms with E-state index in [1.54, 1.807) is 6.92 Å². The fraction of sp³-hybridized carbons (Fsp3) is 0.625. The van der Waals surface area contributed by atoms with E-state index < -0.39 is 6.10 Å². The lowest BCUT2D eigenvalue weighted by Crippen LogP contribution is -2.35. The van der Waals surface area contributed by atoms with Crippen molar-refractivity contribution in [3.8, 4) is 0 Å². The van der Waals surface area contributed by atoms with Crippen LogP contribution in [-0.2, 0) is 0 Å². The first-order chi connectivity index (χ1) is 8.99. The summed E-state index contributed by atoms with van der Waals surface area (Å²) in [6, 6.07) is 5.90. The van der Waals surface area contributed by atoms with Crippen molar-refractivity contribution in [1.29, 1.82) is 0 Å². The highest BCUT2D eigenvalue weighted by Crippen LogP contribution is 2.33. The smallest absolute Gasteiger partial charge is 0.0762 e. The number of halogens is 1. The van der Waals surface area contributed by atoms with Gasteiger partial charge >= 0.3 is 0 Å². The Bertz CT molecular complexity index is 423. The van der Waals surface area contributed by atoms with Crippen LogP contribution < -0.4 is 4.90 Å². The van der Waals surface area contributed by atoms with Crippen LogP contribution in [0.15, 0.2) is 18.2 Å². The highest BCUT2D eigenvalue weighted by molar-refractivity contribution is 6.33. The van der Waals surface area contributed by atoms with Gasteiger partial charge in [0.1, 0.15) is 0 Å². The highest BCUT2D eigenvalue weighted by Gasteiger charge is 2.22. The van der Waals surface area contributed by atoms with E-state index in [9.17, 15) is 5.11 Å². The first-order valence-corrected chi connectivity index (χ1v) is 7.59. The molecule has 0 unspecified atom stereocenters. The molecule has 3 heteroatoms. The van der Waals surface area contributed by atoms with Crippen molar-refractivity contribution in [2.75, 3.05) is 18.0 Å². The van der Waals surface area contributed by atoms with Crippen molar-refractivity contribution in [1.82, 2.24) is 0 Å². The summed E-state index contributed by atoms with van der Waals surface area (Å²) in [5, 5.41) is 10.3. The Morgan fingerprint density at radius 3 is 2.32 bits per heavy atom. The van der Waals surface area contributed by atoms with Crippen LogP contribution in [0, 0.1) is 11.8 Å². The van der Waals surface area contributed by atoms with E-state index in [0.29, 0.717) is 0 Å². The molecule has 1 atom stereocenters. The molecule has 0 aromatic heterocycles. The second-order valence-corrected chi connectivity index (χ2v) is 6.36. The average molecular weight is 282 g/mol. The van der Waals surface area contributed by atoms with Crippen LogP contribution in [0.5, 0.6) is 0 Å². The van der Waals surface area contributed by atoms with Gasteiger partial charge in [-0.15, -0.1) is 0 Å². The maximum absolute atomic E-state index is 9.57. The van der Waals surface area contributed by atoms with Gasteiger partial charge in [-0.1, -0.05) is 31.5 Å². The first kappa shape index (κ1) is 14.7. The normalized spacial score (nSPS) is 18.9. The van der Waals surface area contributed by atoms with Crippen molar-refractivity contribution in [3.63, 3.8) is 0 Å². The van der Waals surface area contributed by atoms with Gasteiger partial charge in [0.05, 0.1) is 16.8 Å². The number of hydrogen-bond acceptors (Lipinski definition) is 2. The lowest BCUT2D eigenvalue weighted by Gasteiger charge is -2.35. The molecular formula is C16H24ClNO. The zero-order valence-electron chi connectivity index (χ0n) is 12.1. The lowest BCUT2D eigenvalue weighted by molar-refractivity contribution is 0.199. The molecule has 1 aliphatic rings. The molecule has 2 nitrogen and oxygen atoms in total. The van der Waals surface area contributed by atoms with E-state index in [1.807, 2.05) is 18.2 Å². The van der Waals surface area contributed by atoms with E-state index in [0.717, 1.165) is 41.2 Å². The Balaban J connectivity index is 2.07. The quantitative estimate of drug-likeness (QED) is 0.894. The Kier molecular flexibility index (Phi) is 4.75. The predicted octanol–water partition coefficient (Wildman–Crippen LogP) is 4.27. The average Bonchev–Trinajstić information content (AvgIpc) is 2.38. The zero-order valence-corrected chi connectivity index (χ0v) is 12.8. The maximum Gasteiger partial charge on any atom is 0.0762 e. The molecule has 0 amide bonds. The predicted molar refractivity (Wildman–Crippen MR) is 81.9 cm³/mol. The van der Waals surface area contributed by atoms with Gasteiger partial charge in [0.15, 0.2) is 0 Å². The summed E-state index contributed by atoms with van der Waals surface area (Å²) >= 11 is 6.35. The number of benzene rings is 1. The van der Waals surface area contributed by atoms with Crippen molar-refractivity contribution in [3.05, 3.63) is 28.8 Å². The molecule has 0 bridgehead atoms. The molecule has 19 heavy (non-hydrogen) atoms. The number of rotatable bonds is 3. The van der Waals surface area contributed by atoms with Gasteiger partial charge in [-0.05, 0) is 49.3 Å². The Hall–Kier alpha value is -0.730. The minimum absolute atomic E-state index is 0.460. The van der Waals surface area contributed by atoms with Crippen LogP contribution in [-0.4, -0.2) is 18.2 Å². The van der Waals surface area contributed by atoms with Crippen LogP contribution in [0.1, 0.15) is 45.3 Å². The van der Waals surface area contributed by atoms with Crippen molar-refractivity contribution >= 4 is 17.3 Å². The number of piperidine rings is 1. The van der Waals surface area contributed by atoms with Crippen molar-refractivity contribution < 1.29 is 5.11 Å². The summed E-state index contributed by atoms with van der Waals surface area (Å²) in [6.07, 6.45) is 2.02. The number of aliphatic hydroxyl groups excluding tert-OH is 1. The third kappa shape index (κ3) is 3.43. The van der Waals surface area contributed by atoms with Crippen molar-refractivity contribution in [2.45, 2.75) is 39.7 Å². The third-order valence-electron chi connectivity index (χ3n) is 4.28. The second-order valence-electron chi connectivity index (χ2n) is 5.96. The van der Waals surface area contributed by atoms with Crippen LogP contribution in [0.4, 0.5) is 5.69 Å². The van der Waals surface area contributed by atoms with E-state index in [4.69, 9.17) is 11.6 Å². The SMILES string of the molecule is CC(C)C1CCN(c2ccc([C@@H](C)O)cc2Cl)CC1. The largest absolute Gasteiger partial charge is 0.389 e. The van der Waals surface area contributed by atoms with Gasteiger partial charge in [0.25, 0.3) is 0 Å². The molecule has 0 aliphatic carbocycles. The zero-order chi connectivity index (χ0) is 14.0. The Labute approximate surface area is 121 Å². The van der Waals surface area contributed by atoms with Crippen molar-refractivity contribution in [2.24, 2.45) is 11.8 Å². The monoisotopic (exact) mass is 281 g/mol. The first-order valence-electron chi connectivity index (χ1n) is 7.21. The van der Waals surface area contributed by atoms with Crippen LogP contribution in [0.3, 0.4) is 0 Å². The molecule has 1 aliphatic heterocycles. The minimum atomic E-state index is -0.460. The number of anilines is 1. The molecule has 0 radical (unpaired) electrons. The van der Waals surface area contributed by atoms with Gasteiger partial charge < -0.3 is 10.0 Å². The van der Waals surface area contributed by atoms with E-state index in [-0.39, 0.29) is 0 Å². The summed E-state index contributed by atoms with van der Waals surface area (Å²) in [5.41, 5.74) is 1.99. The molecule has 1 N–H and O–H groups in total. The molecule has 2 rings (SSSR count). The highest BCUT2D eigenvalue weighted by atomic mass is 35.5. The summed E-state index contributed by atoms with van der Waals surface area (Å²) in [6.45, 7) is 8.54. The fourth-order valence-corrected chi connectivity index (χ4v) is 3.16. The second kappa shape index (κ2) is 6.15. The van der Waals surface area contributed by atoms with Gasteiger partial charge in [-0.3, -0.25) is 0 Å². The molecule has 1 aromatic carbocycles. The molecule has 1 aromatic rings. The van der Waals surface area contributed by atoms with Gasteiger partial charge in [0.2, 0.25) is 0 Å². The van der Waals surface area contributed by atoms with Crippen LogP contribution >= 0.6 is 11.6 Å². The summed E-state index contributed by atoms with van der Waals surface area (Å²) in [5.74, 6) is 1.61. The summed E-state index contributed by atoms with van der Waals surface area (Å²) in [4.78, 5) is 2.37. The van der Waals surface area contributed by atoms with Gasteiger partial charge in [-0.25, -0.2) is 0 Å². The molecule has 1 saturated heterocycles. The van der Waals surface area contributed by atoms with E-state index in [2.05, 4.69) is 18.7 Å². The molecule has 0 saturated carbocycles. The topological polar surface area (TPSA) is 23.5 Å². The Morgan fingerprint density at radius 2 is 1.84 bits per heavy atom. The van der Waals surface area contributed by atoms with Crippen LogP contribution in [0.25, 0.3) is 0 Å². The van der Waals surface area contributed by atoms with Crippen LogP contribution in [0.2, 0.25) is 5.02 Å². The van der Waals surface area contributed by atoms with E-state index in [1.165, 1.54) is 12.8 Å². The molecular weight excluding hydrogens is 258 g/mol. The molecule has 0 spiro atoms. The maximum atomic E-state index is 9.57. The summed E-state index contributed by atoms with van der Waals surface area (Å²) in [7, 11) is 0. The van der Waals surface area contributed by atoms with Gasteiger partial charge in [0, 0.05) is 13.1 Å². The third-order valence-corrected chi connectivity index (χ3v) is 4.58. The fourth-order valence-electron chi connectivity index (χ4n) is 2.85. The Morgan fingerprint density at radius 1 is 1.21 bits per heavy atom. The van der Waals surface area contributed by atoms with E-state index >= 15 is 0 Å². The lowest BCUT2D eigenvalue weighted by atomic mass is 9.86. The minimum Gasteiger partial charge on any atom is -0.389 e. The molecule has 1 heterocycles. The number of hydrogen-bond donors (Lipinski definition) is 1. The van der Waals surface area contributed by atoms with Gasteiger partial charge in [-0.2, -0.15) is 0 Å². The standard InChI is InChI=1S/C16H24ClNO/c1-11(2)13-6-8-18(9-7-13)16-5-4-14(12(3)19)10-15(16)17/h4-5,10-13,19H,6-9H2,1-3H3/t12-/m1/s1. The number of aliphatic hydroxyl groups is 1. The number of nitrogens with zero attached hydrogens (tertiary/aromatic N) is 1. The molecule has 1 fully saturated rings.